The largest absolute Gasteiger partial charge is 1.00 e. The number of rotatable bonds is 79. The first-order chi connectivity index (χ1) is 67.9. The van der Waals surface area contributed by atoms with E-state index in [2.05, 4.69) is 21.7 Å². The van der Waals surface area contributed by atoms with Gasteiger partial charge in [0.2, 0.25) is 11.4 Å². The molecule has 0 aliphatic carbocycles. The van der Waals surface area contributed by atoms with Crippen molar-refractivity contribution < 1.29 is 168 Å². The summed E-state index contributed by atoms with van der Waals surface area (Å²) < 4.78 is 35.4. The van der Waals surface area contributed by atoms with Crippen molar-refractivity contribution in [1.82, 2.24) is 16.0 Å². The van der Waals surface area contributed by atoms with E-state index in [4.69, 9.17) is 178 Å². The number of hydrogen-bond donors (Lipinski definition) is 11. The molecule has 0 heterocycles. The highest BCUT2D eigenvalue weighted by Gasteiger charge is 2.25. The summed E-state index contributed by atoms with van der Waals surface area (Å²) in [5, 5.41) is 66.0. The predicted octanol–water partition coefficient (Wildman–Crippen LogP) is 19.8. The van der Waals surface area contributed by atoms with E-state index in [1.165, 1.54) is 64.2 Å². The highest BCUT2D eigenvalue weighted by Crippen LogP contribution is 2.28. The van der Waals surface area contributed by atoms with E-state index in [1.54, 1.807) is 62.3 Å². The fraction of sp³-hybridized carbons (Fsp3) is 0.842. The van der Waals surface area contributed by atoms with Crippen molar-refractivity contribution in [2.45, 2.75) is 463 Å². The van der Waals surface area contributed by atoms with E-state index in [0.29, 0.717) is 52.3 Å². The van der Waals surface area contributed by atoms with E-state index in [9.17, 15) is 76.7 Å². The topological polar surface area (TPSA) is 552 Å². The minimum atomic E-state index is -1.57. The van der Waals surface area contributed by atoms with Gasteiger partial charge in [-0.1, -0.05) is 329 Å². The fourth-order valence-corrected chi connectivity index (χ4v) is 12.5. The van der Waals surface area contributed by atoms with Crippen LogP contribution in [0, 0.1) is 0 Å². The Hall–Kier alpha value is -5.54. The van der Waals surface area contributed by atoms with Crippen LogP contribution >= 0.6 is 104 Å². The molecule has 0 aromatic heterocycles. The van der Waals surface area contributed by atoms with Gasteiger partial charge in [0.05, 0.1) is 71.7 Å². The van der Waals surface area contributed by atoms with Gasteiger partial charge < -0.3 is 108 Å². The van der Waals surface area contributed by atoms with E-state index >= 15 is 0 Å². The van der Waals surface area contributed by atoms with Gasteiger partial charge in [-0.3, -0.25) is 62.3 Å². The molecule has 35 nitrogen and oxygen atoms in total. The van der Waals surface area contributed by atoms with Crippen LogP contribution in [0.3, 0.4) is 0 Å². The third-order valence-electron chi connectivity index (χ3n) is 19.7. The van der Waals surface area contributed by atoms with Gasteiger partial charge in [0.25, 0.3) is 0 Å². The number of Topliss-reactive ketones (excluding diaryl/α,β-unsaturated/α-hetero) is 4. The number of carbonyl (C=O) groups excluding carboxylic acids is 12. The minimum Gasteiger partial charge on any atom is -1.00 e. The molecule has 0 fully saturated rings. The number of carboxylic acid groups (broad SMARTS) is 4. The Morgan fingerprint density at radius 3 is 0.596 bits per heavy atom. The monoisotopic (exact) mass is 2290 g/mol. The molecule has 146 heavy (non-hydrogen) atoms. The van der Waals surface area contributed by atoms with Gasteiger partial charge in [0.15, 0.2) is 23.1 Å². The molecular formula is C101H180Cl10N4O31. The molecule has 0 aromatic carbocycles. The summed E-state index contributed by atoms with van der Waals surface area (Å²) in [4.78, 5) is 178. The number of aliphatic hydroxyl groups is 3. The van der Waals surface area contributed by atoms with Crippen LogP contribution in [-0.4, -0.2) is 238 Å². The summed E-state index contributed by atoms with van der Waals surface area (Å²) in [5.74, 6) is -5.77. The molecule has 860 valence electrons. The number of hydrogen-bond acceptors (Lipinski definition) is 27. The lowest BCUT2D eigenvalue weighted by atomic mass is 10.1. The SMILES string of the molecule is CC(C)(C)OC(=O)NCC(=O)CCC(=O)O.CC(C)(C)OC(=O)NCC(=O)CCC(=O)OCCCCCCCCCCCC(=O)O.CC(C)(C)OC(=O)NCC(=O)CCC(=O)OCCCCCCCCCCCC(=O)OCC(Cl)(Cl)Cl.O=C(CCCCCCCCCCCO)OCC(Cl)(Cl)Cl.O=C(O)CCCCCCCCCCCO.OCC(Cl)(Cl)Cl.[Cl-].[NH3+]CC(=O)CCC(=O)OCCCCCCCCCCCC(=O)O. The molecule has 0 aliphatic heterocycles. The van der Waals surface area contributed by atoms with Gasteiger partial charge in [0, 0.05) is 71.0 Å². The van der Waals surface area contributed by atoms with Gasteiger partial charge in [-0.25, -0.2) is 14.4 Å². The zero-order valence-corrected chi connectivity index (χ0v) is 96.0. The highest BCUT2D eigenvalue weighted by molar-refractivity contribution is 6.68. The molecule has 0 saturated carbocycles. The lowest BCUT2D eigenvalue weighted by Crippen LogP contribution is -3.00. The minimum absolute atomic E-state index is 0. The molecule has 0 saturated heterocycles. The van der Waals surface area contributed by atoms with Crippen LogP contribution in [0.5, 0.6) is 0 Å². The molecule has 0 spiro atoms. The third kappa shape index (κ3) is 154. The molecule has 45 heteroatoms. The quantitative estimate of drug-likeness (QED) is 0.0117. The number of ether oxygens (including phenoxy) is 8. The second-order valence-corrected chi connectivity index (χ2v) is 45.2. The first-order valence-electron chi connectivity index (χ1n) is 51.4. The lowest BCUT2D eigenvalue weighted by Gasteiger charge is -2.19. The van der Waals surface area contributed by atoms with Crippen LogP contribution in [0.25, 0.3) is 0 Å². The van der Waals surface area contributed by atoms with Crippen LogP contribution in [-0.2, 0) is 100 Å². The Morgan fingerprint density at radius 2 is 0.411 bits per heavy atom. The first kappa shape index (κ1) is 156. The molecule has 0 unspecified atom stereocenters. The van der Waals surface area contributed by atoms with E-state index in [0.717, 1.165) is 225 Å². The molecule has 0 rings (SSSR count). The summed E-state index contributed by atoms with van der Waals surface area (Å²) >= 11 is 48.0. The van der Waals surface area contributed by atoms with Crippen LogP contribution in [0.4, 0.5) is 14.4 Å². The summed E-state index contributed by atoms with van der Waals surface area (Å²) in [5.41, 5.74) is 1.60. The van der Waals surface area contributed by atoms with Crippen LogP contribution in [0.15, 0.2) is 0 Å². The molecule has 0 aromatic rings. The Kier molecular flexibility index (Phi) is 112. The normalized spacial score (nSPS) is 11.0. The highest BCUT2D eigenvalue weighted by atomic mass is 35.6. The predicted molar refractivity (Wildman–Crippen MR) is 566 cm³/mol. The molecule has 3 amide bonds. The second kappa shape index (κ2) is 105. The number of unbranched alkanes of at least 4 members (excludes halogenated alkanes) is 40. The average Bonchev–Trinajstić information content (AvgIpc) is 0.952. The van der Waals surface area contributed by atoms with Crippen LogP contribution in [0.1, 0.15) is 435 Å². The van der Waals surface area contributed by atoms with Crippen molar-refractivity contribution in [3.8, 4) is 0 Å². The van der Waals surface area contributed by atoms with E-state index < -0.39 is 88.9 Å². The van der Waals surface area contributed by atoms with Gasteiger partial charge in [-0.15, -0.1) is 0 Å². The van der Waals surface area contributed by atoms with Gasteiger partial charge in [0.1, 0.15) is 36.6 Å². The van der Waals surface area contributed by atoms with Crippen molar-refractivity contribution in [2.75, 3.05) is 79.0 Å². The maximum atomic E-state index is 11.8. The molecule has 0 bridgehead atoms. The standard InChI is InChI=1S/C24H40Cl3NO7.C22H39NO7.C17H31NO5.C14H25Cl3O3.C12H24O3.C10H17NO5.C2H3Cl3O.ClH/c1-23(2,3)35-22(32)28-17-19(29)14-15-21(31)33-16-12-10-8-6-4-5-7-9-11-13-20(30)34-18-24(25,26)27;1-22(2,3)30-21(28)23-17-18(24)14-15-20(27)29-16-12-10-8-6-4-5-7-9-11-13-19(25)26;18-14-15(19)11-12-17(22)23-13-9-7-5-3-1-2-4-6-8-10-16(20)21;15-14(16,17)12-20-13(19)10-8-6-4-2-1-3-5-7-9-11-18;13-11-9-7-5-3-1-2-4-6-8-10-12(14)15;1-10(2,3)16-9(15)11-6-7(12)4-5-8(13)14;3-2(4,5)1-6;/h4-18H2,1-3H3,(H,28,32);4-17H2,1-3H3,(H,23,28)(H,25,26);1-14,18H2,(H,20,21);18H,1-12H2;13H,1-11H2,(H,14,15);4-6H2,1-3H3,(H,11,15)(H,13,14);6H,1H2;1H. The van der Waals surface area contributed by atoms with Gasteiger partial charge in [-0.05, 0) is 127 Å². The number of ketones is 4. The molecular weight excluding hydrogens is 2120 g/mol. The zero-order valence-electron chi connectivity index (χ0n) is 88.4. The number of aliphatic hydroxyl groups excluding tert-OH is 3. The summed E-state index contributed by atoms with van der Waals surface area (Å²) in [6, 6.07) is 0. The molecule has 13 N–H and O–H groups in total. The maximum absolute atomic E-state index is 11.8. The number of halogens is 10. The second-order valence-electron chi connectivity index (χ2n) is 37.6. The summed E-state index contributed by atoms with van der Waals surface area (Å²) in [6.45, 7) is 16.1. The van der Waals surface area contributed by atoms with Crippen molar-refractivity contribution in [2.24, 2.45) is 0 Å². The molecule has 0 aliphatic rings. The maximum Gasteiger partial charge on any atom is 0.408 e. The first-order valence-corrected chi connectivity index (χ1v) is 54.8. The number of aliphatic carboxylic acids is 4. The lowest BCUT2D eigenvalue weighted by molar-refractivity contribution is -0.354. The van der Waals surface area contributed by atoms with Gasteiger partial charge >= 0.3 is 72.0 Å². The Balaban J connectivity index is -0.000000263. The Labute approximate surface area is 919 Å². The van der Waals surface area contributed by atoms with E-state index in [1.807, 2.05) is 0 Å². The number of carboxylic acids is 4. The zero-order chi connectivity index (χ0) is 112. The number of nitrogens with one attached hydrogen (secondary N) is 3. The van der Waals surface area contributed by atoms with Crippen molar-refractivity contribution in [1.29, 1.82) is 0 Å². The Bertz CT molecular complexity index is 3360. The van der Waals surface area contributed by atoms with Crippen molar-refractivity contribution >= 4 is 200 Å². The number of carbonyl (C=O) groups is 16. The third-order valence-corrected chi connectivity index (χ3v) is 20.7. The number of esters is 5. The number of alkyl carbamates (subject to hydrolysis) is 3. The van der Waals surface area contributed by atoms with Crippen molar-refractivity contribution in [3.63, 3.8) is 0 Å². The smallest absolute Gasteiger partial charge is 0.408 e. The Morgan fingerprint density at radius 1 is 0.233 bits per heavy atom. The summed E-state index contributed by atoms with van der Waals surface area (Å²) in [6.07, 6.45) is 47.1. The number of quaternary nitrogens is 1. The number of amides is 3. The van der Waals surface area contributed by atoms with Crippen LogP contribution < -0.4 is 34.1 Å². The fourth-order valence-electron chi connectivity index (χ4n) is 12.1. The van der Waals surface area contributed by atoms with Gasteiger partial charge in [-0.2, -0.15) is 0 Å². The van der Waals surface area contributed by atoms with E-state index in [-0.39, 0.29) is 157 Å². The summed E-state index contributed by atoms with van der Waals surface area (Å²) in [7, 11) is 0. The number of alkyl halides is 9. The molecule has 0 radical (unpaired) electrons. The molecule has 0 atom stereocenters. The average molecular weight is 2300 g/mol. The van der Waals surface area contributed by atoms with Crippen molar-refractivity contribution in [3.05, 3.63) is 0 Å². The van der Waals surface area contributed by atoms with Crippen LogP contribution in [0.2, 0.25) is 0 Å².